The molecular weight excluding hydrogens is 232 g/mol. The molecule has 3 heterocycles. The first-order valence-electron chi connectivity index (χ1n) is 5.79. The minimum Gasteiger partial charge on any atom is -0.477 e. The normalized spacial score (nSPS) is 17.8. The summed E-state index contributed by atoms with van der Waals surface area (Å²) in [4.78, 5) is 17.6. The summed E-state index contributed by atoms with van der Waals surface area (Å²) in [7, 11) is 0. The molecule has 2 aromatic rings. The molecule has 0 aromatic carbocycles. The molecule has 94 valence electrons. The van der Waals surface area contributed by atoms with E-state index in [1.54, 1.807) is 6.20 Å². The summed E-state index contributed by atoms with van der Waals surface area (Å²) in [5.74, 6) is -0.191. The third-order valence-electron chi connectivity index (χ3n) is 3.15. The Labute approximate surface area is 104 Å². The predicted molar refractivity (Wildman–Crippen MR) is 65.9 cm³/mol. The van der Waals surface area contributed by atoms with Gasteiger partial charge in [-0.15, -0.1) is 0 Å². The van der Waals surface area contributed by atoms with Crippen molar-refractivity contribution >= 4 is 17.4 Å². The van der Waals surface area contributed by atoms with E-state index in [4.69, 9.17) is 5.11 Å². The molecule has 0 aliphatic carbocycles. The van der Waals surface area contributed by atoms with Crippen LogP contribution in [0.25, 0.3) is 5.65 Å². The summed E-state index contributed by atoms with van der Waals surface area (Å²) in [6.45, 7) is 6.27. The van der Waals surface area contributed by atoms with E-state index in [0.29, 0.717) is 11.1 Å². The molecule has 0 radical (unpaired) electrons. The Kier molecular flexibility index (Phi) is 2.10. The molecule has 6 heteroatoms. The van der Waals surface area contributed by atoms with Gasteiger partial charge in [0.2, 0.25) is 0 Å². The zero-order valence-electron chi connectivity index (χ0n) is 10.3. The van der Waals surface area contributed by atoms with E-state index in [1.165, 1.54) is 10.7 Å². The lowest BCUT2D eigenvalue weighted by Gasteiger charge is -2.46. The Bertz CT molecular complexity index is 624. The molecule has 0 spiro atoms. The number of hydrogen-bond donors (Lipinski definition) is 1. The second kappa shape index (κ2) is 3.44. The van der Waals surface area contributed by atoms with Crippen LogP contribution >= 0.6 is 0 Å². The van der Waals surface area contributed by atoms with Gasteiger partial charge in [-0.05, 0) is 11.5 Å². The number of aromatic carboxylic acids is 1. The fourth-order valence-corrected chi connectivity index (χ4v) is 2.34. The van der Waals surface area contributed by atoms with Crippen molar-refractivity contribution < 1.29 is 9.90 Å². The summed E-state index contributed by atoms with van der Waals surface area (Å²) in [6.07, 6.45) is 3.07. The van der Waals surface area contributed by atoms with Crippen molar-refractivity contribution in [2.45, 2.75) is 13.8 Å². The SMILES string of the molecule is CC1(C)CN(c2ccn3ncc(C(=O)O)c3n2)C1. The lowest BCUT2D eigenvalue weighted by molar-refractivity contribution is 0.0698. The Morgan fingerprint density at radius 1 is 1.44 bits per heavy atom. The molecule has 3 rings (SSSR count). The molecule has 2 aromatic heterocycles. The summed E-state index contributed by atoms with van der Waals surface area (Å²) in [5.41, 5.74) is 0.838. The van der Waals surface area contributed by atoms with Crippen LogP contribution in [0.2, 0.25) is 0 Å². The lowest BCUT2D eigenvalue weighted by atomic mass is 9.84. The highest BCUT2D eigenvalue weighted by Crippen LogP contribution is 2.32. The van der Waals surface area contributed by atoms with Gasteiger partial charge in [-0.25, -0.2) is 14.3 Å². The van der Waals surface area contributed by atoms with Crippen molar-refractivity contribution in [1.82, 2.24) is 14.6 Å². The van der Waals surface area contributed by atoms with Crippen molar-refractivity contribution in [3.8, 4) is 0 Å². The Morgan fingerprint density at radius 3 is 2.78 bits per heavy atom. The molecule has 0 saturated carbocycles. The van der Waals surface area contributed by atoms with Gasteiger partial charge in [-0.2, -0.15) is 5.10 Å². The van der Waals surface area contributed by atoms with Gasteiger partial charge in [-0.1, -0.05) is 13.8 Å². The van der Waals surface area contributed by atoms with Gasteiger partial charge >= 0.3 is 5.97 Å². The Morgan fingerprint density at radius 2 is 2.17 bits per heavy atom. The fourth-order valence-electron chi connectivity index (χ4n) is 2.34. The van der Waals surface area contributed by atoms with Crippen molar-refractivity contribution in [2.24, 2.45) is 5.41 Å². The van der Waals surface area contributed by atoms with Crippen LogP contribution in [0.1, 0.15) is 24.2 Å². The van der Waals surface area contributed by atoms with Crippen molar-refractivity contribution in [1.29, 1.82) is 0 Å². The minimum atomic E-state index is -1.00. The van der Waals surface area contributed by atoms with E-state index in [-0.39, 0.29) is 5.56 Å². The van der Waals surface area contributed by atoms with Crippen LogP contribution in [-0.2, 0) is 0 Å². The number of anilines is 1. The van der Waals surface area contributed by atoms with Crippen LogP contribution in [0.15, 0.2) is 18.5 Å². The van der Waals surface area contributed by atoms with Gasteiger partial charge in [-0.3, -0.25) is 0 Å². The number of rotatable bonds is 2. The highest BCUT2D eigenvalue weighted by Gasteiger charge is 2.35. The first-order valence-corrected chi connectivity index (χ1v) is 5.79. The largest absolute Gasteiger partial charge is 0.477 e. The van der Waals surface area contributed by atoms with Gasteiger partial charge in [0, 0.05) is 19.3 Å². The minimum absolute atomic E-state index is 0.136. The summed E-state index contributed by atoms with van der Waals surface area (Å²) >= 11 is 0. The molecule has 1 aliphatic rings. The second-order valence-corrected chi connectivity index (χ2v) is 5.44. The molecular formula is C12H14N4O2. The van der Waals surface area contributed by atoms with E-state index in [2.05, 4.69) is 28.8 Å². The van der Waals surface area contributed by atoms with Crippen LogP contribution < -0.4 is 4.90 Å². The number of nitrogens with zero attached hydrogens (tertiary/aromatic N) is 4. The maximum atomic E-state index is 11.0. The summed E-state index contributed by atoms with van der Waals surface area (Å²) in [6, 6.07) is 1.86. The maximum absolute atomic E-state index is 11.0. The zero-order valence-corrected chi connectivity index (χ0v) is 10.3. The molecule has 0 amide bonds. The molecule has 0 bridgehead atoms. The third-order valence-corrected chi connectivity index (χ3v) is 3.15. The van der Waals surface area contributed by atoms with Gasteiger partial charge in [0.1, 0.15) is 11.4 Å². The first kappa shape index (κ1) is 11.0. The molecule has 1 saturated heterocycles. The summed E-state index contributed by atoms with van der Waals surface area (Å²) < 4.78 is 1.48. The number of hydrogen-bond acceptors (Lipinski definition) is 4. The van der Waals surface area contributed by atoms with Crippen molar-refractivity contribution in [3.05, 3.63) is 24.0 Å². The number of carboxylic acid groups (broad SMARTS) is 1. The van der Waals surface area contributed by atoms with E-state index < -0.39 is 5.97 Å². The van der Waals surface area contributed by atoms with Crippen molar-refractivity contribution in [2.75, 3.05) is 18.0 Å². The third kappa shape index (κ3) is 1.61. The van der Waals surface area contributed by atoms with Crippen LogP contribution in [0, 0.1) is 5.41 Å². The van der Waals surface area contributed by atoms with E-state index in [1.807, 2.05) is 6.07 Å². The molecule has 1 fully saturated rings. The van der Waals surface area contributed by atoms with E-state index in [9.17, 15) is 4.79 Å². The average Bonchev–Trinajstić information content (AvgIpc) is 2.68. The molecule has 0 unspecified atom stereocenters. The van der Waals surface area contributed by atoms with Gasteiger partial charge < -0.3 is 10.0 Å². The highest BCUT2D eigenvalue weighted by atomic mass is 16.4. The summed E-state index contributed by atoms with van der Waals surface area (Å²) in [5, 5.41) is 13.0. The standard InChI is InChI=1S/C12H14N4O2/c1-12(2)6-15(7-12)9-3-4-16-10(14-9)8(5-13-16)11(17)18/h3-5H,6-7H2,1-2H3,(H,17,18). The van der Waals surface area contributed by atoms with Gasteiger partial charge in [0.25, 0.3) is 0 Å². The van der Waals surface area contributed by atoms with Gasteiger partial charge in [0.15, 0.2) is 5.65 Å². The monoisotopic (exact) mass is 246 g/mol. The van der Waals surface area contributed by atoms with E-state index in [0.717, 1.165) is 18.9 Å². The van der Waals surface area contributed by atoms with Crippen molar-refractivity contribution in [3.63, 3.8) is 0 Å². The number of aromatic nitrogens is 3. The Hall–Kier alpha value is -2.11. The maximum Gasteiger partial charge on any atom is 0.341 e. The average molecular weight is 246 g/mol. The molecule has 1 N–H and O–H groups in total. The van der Waals surface area contributed by atoms with Gasteiger partial charge in [0.05, 0.1) is 6.20 Å². The fraction of sp³-hybridized carbons (Fsp3) is 0.417. The molecule has 18 heavy (non-hydrogen) atoms. The first-order chi connectivity index (χ1) is 8.46. The zero-order chi connectivity index (χ0) is 12.9. The van der Waals surface area contributed by atoms with Crippen LogP contribution in [0.4, 0.5) is 5.82 Å². The smallest absolute Gasteiger partial charge is 0.341 e. The highest BCUT2D eigenvalue weighted by molar-refractivity contribution is 5.94. The predicted octanol–water partition coefficient (Wildman–Crippen LogP) is 1.27. The van der Waals surface area contributed by atoms with Crippen LogP contribution in [0.3, 0.4) is 0 Å². The van der Waals surface area contributed by atoms with Crippen LogP contribution in [-0.4, -0.2) is 38.8 Å². The number of carbonyl (C=O) groups is 1. The topological polar surface area (TPSA) is 70.7 Å². The second-order valence-electron chi connectivity index (χ2n) is 5.44. The molecule has 0 atom stereocenters. The lowest BCUT2D eigenvalue weighted by Crippen LogP contribution is -2.53. The van der Waals surface area contributed by atoms with Crippen LogP contribution in [0.5, 0.6) is 0 Å². The number of fused-ring (bicyclic) bond motifs is 1. The Balaban J connectivity index is 2.00. The van der Waals surface area contributed by atoms with E-state index >= 15 is 0 Å². The quantitative estimate of drug-likeness (QED) is 0.864. The molecule has 1 aliphatic heterocycles. The molecule has 6 nitrogen and oxygen atoms in total. The number of carboxylic acids is 1.